The smallest absolute Gasteiger partial charge is 0.315 e. The van der Waals surface area contributed by atoms with E-state index in [4.69, 9.17) is 27.9 Å². The average molecular weight is 339 g/mol. The number of para-hydroxylation sites is 1. The van der Waals surface area contributed by atoms with Crippen LogP contribution < -0.4 is 15.4 Å². The van der Waals surface area contributed by atoms with Crippen molar-refractivity contribution in [3.63, 3.8) is 0 Å². The number of carbonyl (C=O) groups is 1. The van der Waals surface area contributed by atoms with E-state index in [1.165, 1.54) is 0 Å². The van der Waals surface area contributed by atoms with E-state index in [2.05, 4.69) is 10.6 Å². The number of urea groups is 1. The van der Waals surface area contributed by atoms with Crippen LogP contribution in [-0.2, 0) is 6.54 Å². The molecule has 0 heterocycles. The summed E-state index contributed by atoms with van der Waals surface area (Å²) in [7, 11) is 0. The predicted octanol–water partition coefficient (Wildman–Crippen LogP) is 3.87. The lowest BCUT2D eigenvalue weighted by atomic mass is 10.2. The Balaban J connectivity index is 1.66. The maximum Gasteiger partial charge on any atom is 0.315 e. The minimum atomic E-state index is -0.275. The fraction of sp³-hybridized carbons (Fsp3) is 0.188. The highest BCUT2D eigenvalue weighted by molar-refractivity contribution is 6.32. The number of rotatable bonds is 6. The number of amides is 2. The summed E-state index contributed by atoms with van der Waals surface area (Å²) in [6.07, 6.45) is 0. The van der Waals surface area contributed by atoms with E-state index in [1.54, 1.807) is 18.2 Å². The maximum absolute atomic E-state index is 11.7. The Morgan fingerprint density at radius 3 is 2.36 bits per heavy atom. The Bertz CT molecular complexity index is 635. The van der Waals surface area contributed by atoms with Crippen LogP contribution in [0, 0.1) is 0 Å². The fourth-order valence-corrected chi connectivity index (χ4v) is 2.16. The molecule has 0 saturated heterocycles. The van der Waals surface area contributed by atoms with Crippen molar-refractivity contribution in [3.8, 4) is 5.75 Å². The van der Waals surface area contributed by atoms with Crippen molar-refractivity contribution in [2.75, 3.05) is 13.2 Å². The Morgan fingerprint density at radius 1 is 0.955 bits per heavy atom. The Morgan fingerprint density at radius 2 is 1.64 bits per heavy atom. The molecule has 2 aromatic rings. The van der Waals surface area contributed by atoms with Gasteiger partial charge in [-0.25, -0.2) is 4.79 Å². The molecular formula is C16H16Cl2N2O2. The molecule has 0 unspecified atom stereocenters. The molecule has 0 aliphatic heterocycles. The molecule has 2 aromatic carbocycles. The maximum atomic E-state index is 11.7. The van der Waals surface area contributed by atoms with Gasteiger partial charge in [0.15, 0.2) is 0 Å². The Hall–Kier alpha value is -1.91. The van der Waals surface area contributed by atoms with Crippen LogP contribution in [0.25, 0.3) is 0 Å². The topological polar surface area (TPSA) is 50.4 Å². The molecule has 2 N–H and O–H groups in total. The number of ether oxygens (including phenoxy) is 1. The predicted molar refractivity (Wildman–Crippen MR) is 88.6 cm³/mol. The number of hydrogen-bond donors (Lipinski definition) is 2. The van der Waals surface area contributed by atoms with Gasteiger partial charge in [-0.2, -0.15) is 0 Å². The molecule has 116 valence electrons. The van der Waals surface area contributed by atoms with Gasteiger partial charge in [0.2, 0.25) is 0 Å². The summed E-state index contributed by atoms with van der Waals surface area (Å²) in [5.74, 6) is 0.599. The minimum Gasteiger partial charge on any atom is -0.490 e. The van der Waals surface area contributed by atoms with E-state index in [0.29, 0.717) is 35.5 Å². The van der Waals surface area contributed by atoms with E-state index in [0.717, 1.165) is 5.56 Å². The molecule has 0 saturated carbocycles. The lowest BCUT2D eigenvalue weighted by Gasteiger charge is -2.10. The van der Waals surface area contributed by atoms with Crippen molar-refractivity contribution >= 4 is 29.2 Å². The van der Waals surface area contributed by atoms with Crippen LogP contribution in [-0.4, -0.2) is 19.2 Å². The number of halogens is 2. The SMILES string of the molecule is O=C(NCCOc1ccccc1Cl)NCc1ccccc1Cl. The number of carbonyl (C=O) groups excluding carboxylic acids is 1. The van der Waals surface area contributed by atoms with Gasteiger partial charge in [-0.3, -0.25) is 0 Å². The zero-order chi connectivity index (χ0) is 15.8. The summed E-state index contributed by atoms with van der Waals surface area (Å²) in [5, 5.41) is 6.61. The monoisotopic (exact) mass is 338 g/mol. The highest BCUT2D eigenvalue weighted by Gasteiger charge is 2.03. The Labute approximate surface area is 139 Å². The average Bonchev–Trinajstić information content (AvgIpc) is 2.52. The first-order valence-corrected chi connectivity index (χ1v) is 7.55. The van der Waals surface area contributed by atoms with Crippen molar-refractivity contribution in [1.82, 2.24) is 10.6 Å². The lowest BCUT2D eigenvalue weighted by molar-refractivity contribution is 0.236. The molecule has 22 heavy (non-hydrogen) atoms. The van der Waals surface area contributed by atoms with Gasteiger partial charge >= 0.3 is 6.03 Å². The minimum absolute atomic E-state index is 0.275. The first kappa shape index (κ1) is 16.5. The Kier molecular flexibility index (Phi) is 6.37. The summed E-state index contributed by atoms with van der Waals surface area (Å²) in [4.78, 5) is 11.7. The molecule has 0 spiro atoms. The number of nitrogens with one attached hydrogen (secondary N) is 2. The molecule has 0 fully saturated rings. The van der Waals surface area contributed by atoms with Crippen molar-refractivity contribution in [2.24, 2.45) is 0 Å². The van der Waals surface area contributed by atoms with Gasteiger partial charge in [0, 0.05) is 11.6 Å². The van der Waals surface area contributed by atoms with E-state index in [-0.39, 0.29) is 6.03 Å². The van der Waals surface area contributed by atoms with Gasteiger partial charge in [0.1, 0.15) is 12.4 Å². The van der Waals surface area contributed by atoms with Gasteiger partial charge in [-0.1, -0.05) is 53.5 Å². The summed E-state index contributed by atoms with van der Waals surface area (Å²) >= 11 is 12.0. The van der Waals surface area contributed by atoms with Gasteiger partial charge < -0.3 is 15.4 Å². The normalized spacial score (nSPS) is 10.1. The second-order valence-electron chi connectivity index (χ2n) is 4.48. The van der Waals surface area contributed by atoms with Gasteiger partial charge in [0.05, 0.1) is 11.6 Å². The van der Waals surface area contributed by atoms with Crippen molar-refractivity contribution in [1.29, 1.82) is 0 Å². The second kappa shape index (κ2) is 8.51. The van der Waals surface area contributed by atoms with Crippen LogP contribution in [0.2, 0.25) is 10.0 Å². The third-order valence-electron chi connectivity index (χ3n) is 2.88. The molecule has 0 atom stereocenters. The van der Waals surface area contributed by atoms with Gasteiger partial charge in [0.25, 0.3) is 0 Å². The molecule has 0 radical (unpaired) electrons. The van der Waals surface area contributed by atoms with Crippen LogP contribution in [0.15, 0.2) is 48.5 Å². The summed E-state index contributed by atoms with van der Waals surface area (Å²) < 4.78 is 5.47. The van der Waals surface area contributed by atoms with Crippen LogP contribution in [0.4, 0.5) is 4.79 Å². The molecule has 0 bridgehead atoms. The van der Waals surface area contributed by atoms with Crippen LogP contribution >= 0.6 is 23.2 Å². The summed E-state index contributed by atoms with van der Waals surface area (Å²) in [5.41, 5.74) is 0.867. The number of benzene rings is 2. The molecular weight excluding hydrogens is 323 g/mol. The molecule has 4 nitrogen and oxygen atoms in total. The van der Waals surface area contributed by atoms with Crippen LogP contribution in [0.1, 0.15) is 5.56 Å². The molecule has 0 aromatic heterocycles. The molecule has 0 aliphatic rings. The second-order valence-corrected chi connectivity index (χ2v) is 5.29. The van der Waals surface area contributed by atoms with E-state index >= 15 is 0 Å². The van der Waals surface area contributed by atoms with Gasteiger partial charge in [-0.15, -0.1) is 0 Å². The first-order valence-electron chi connectivity index (χ1n) is 6.79. The first-order chi connectivity index (χ1) is 10.7. The highest BCUT2D eigenvalue weighted by Crippen LogP contribution is 2.22. The number of hydrogen-bond acceptors (Lipinski definition) is 2. The van der Waals surface area contributed by atoms with Crippen LogP contribution in [0.3, 0.4) is 0 Å². The standard InChI is InChI=1S/C16H16Cl2N2O2/c17-13-6-2-1-5-12(13)11-20-16(21)19-9-10-22-15-8-4-3-7-14(15)18/h1-8H,9-11H2,(H2,19,20,21). The summed E-state index contributed by atoms with van der Waals surface area (Å²) in [6.45, 7) is 1.08. The summed E-state index contributed by atoms with van der Waals surface area (Å²) in [6, 6.07) is 14.3. The van der Waals surface area contributed by atoms with E-state index in [1.807, 2.05) is 30.3 Å². The van der Waals surface area contributed by atoms with Crippen LogP contribution in [0.5, 0.6) is 5.75 Å². The van der Waals surface area contributed by atoms with Gasteiger partial charge in [-0.05, 0) is 23.8 Å². The quantitative estimate of drug-likeness (QED) is 0.785. The van der Waals surface area contributed by atoms with Crippen molar-refractivity contribution < 1.29 is 9.53 Å². The zero-order valence-electron chi connectivity index (χ0n) is 11.8. The molecule has 2 amide bonds. The van der Waals surface area contributed by atoms with E-state index in [9.17, 15) is 4.79 Å². The highest BCUT2D eigenvalue weighted by atomic mass is 35.5. The lowest BCUT2D eigenvalue weighted by Crippen LogP contribution is -2.37. The van der Waals surface area contributed by atoms with Crippen molar-refractivity contribution in [2.45, 2.75) is 6.54 Å². The largest absolute Gasteiger partial charge is 0.490 e. The molecule has 2 rings (SSSR count). The zero-order valence-corrected chi connectivity index (χ0v) is 13.3. The van der Waals surface area contributed by atoms with E-state index < -0.39 is 0 Å². The molecule has 6 heteroatoms. The third kappa shape index (κ3) is 5.13. The van der Waals surface area contributed by atoms with Crippen molar-refractivity contribution in [3.05, 3.63) is 64.1 Å². The third-order valence-corrected chi connectivity index (χ3v) is 3.56. The molecule has 0 aliphatic carbocycles. The fourth-order valence-electron chi connectivity index (χ4n) is 1.77.